The highest BCUT2D eigenvalue weighted by Crippen LogP contribution is 2.50. The molecule has 52 heavy (non-hydrogen) atoms. The van der Waals surface area contributed by atoms with Crippen molar-refractivity contribution < 1.29 is 36.5 Å². The summed E-state index contributed by atoms with van der Waals surface area (Å²) >= 11 is 0. The number of fused-ring (bicyclic) bond motifs is 4. The van der Waals surface area contributed by atoms with Crippen LogP contribution in [0.2, 0.25) is 0 Å². The van der Waals surface area contributed by atoms with Gasteiger partial charge in [-0.05, 0) is 92.9 Å². The predicted octanol–water partition coefficient (Wildman–Crippen LogP) is 7.14. The minimum atomic E-state index is -4.96. The molecule has 1 saturated carbocycles. The van der Waals surface area contributed by atoms with Crippen molar-refractivity contribution >= 4 is 22.8 Å². The van der Waals surface area contributed by atoms with Crippen molar-refractivity contribution in [3.8, 4) is 6.01 Å². The smallest absolute Gasteiger partial charge is 0.416 e. The van der Waals surface area contributed by atoms with Gasteiger partial charge < -0.3 is 29.7 Å². The normalized spacial score (nSPS) is 26.3. The molecule has 8 nitrogen and oxygen atoms in total. The van der Waals surface area contributed by atoms with E-state index in [-0.39, 0.29) is 70.0 Å². The molecule has 4 aliphatic heterocycles. The molecule has 2 N–H and O–H groups in total. The van der Waals surface area contributed by atoms with Crippen molar-refractivity contribution in [3.63, 3.8) is 0 Å². The quantitative estimate of drug-likeness (QED) is 0.238. The van der Waals surface area contributed by atoms with Crippen molar-refractivity contribution in [1.82, 2.24) is 20.2 Å². The Morgan fingerprint density at radius 1 is 1.02 bits per heavy atom. The number of piperazine rings is 1. The third-order valence-electron chi connectivity index (χ3n) is 12.6. The van der Waals surface area contributed by atoms with Crippen LogP contribution < -0.4 is 15.0 Å². The Morgan fingerprint density at radius 3 is 2.38 bits per heavy atom. The first-order valence-electron chi connectivity index (χ1n) is 18.7. The van der Waals surface area contributed by atoms with E-state index >= 15 is 22.0 Å². The number of benzene rings is 2. The van der Waals surface area contributed by atoms with E-state index in [0.29, 0.717) is 30.7 Å². The van der Waals surface area contributed by atoms with Crippen molar-refractivity contribution in [2.75, 3.05) is 57.4 Å². The van der Waals surface area contributed by atoms with E-state index in [1.807, 2.05) is 4.90 Å². The summed E-state index contributed by atoms with van der Waals surface area (Å²) in [6.07, 6.45) is 2.35. The number of alkyl halides is 3. The summed E-state index contributed by atoms with van der Waals surface area (Å²) in [6, 6.07) is 3.81. The molecule has 1 aromatic heterocycles. The van der Waals surface area contributed by atoms with Crippen LogP contribution in [0.3, 0.4) is 0 Å². The minimum absolute atomic E-state index is 0.0451. The van der Waals surface area contributed by atoms with Crippen LogP contribution in [0.25, 0.3) is 17.0 Å². The first kappa shape index (κ1) is 34.2. The number of nitrogens with one attached hydrogen (secondary N) is 1. The molecule has 3 atom stereocenters. The van der Waals surface area contributed by atoms with Gasteiger partial charge >= 0.3 is 12.2 Å². The topological polar surface area (TPSA) is 83.0 Å². The van der Waals surface area contributed by atoms with Crippen LogP contribution in [0.15, 0.2) is 24.0 Å². The molecule has 13 heteroatoms. The molecular formula is C39H44F5N5O3. The second-order valence-corrected chi connectivity index (χ2v) is 16.3. The Hall–Kier alpha value is -3.55. The van der Waals surface area contributed by atoms with Gasteiger partial charge in [0.25, 0.3) is 0 Å². The van der Waals surface area contributed by atoms with Gasteiger partial charge in [0.2, 0.25) is 0 Å². The molecular weight excluding hydrogens is 681 g/mol. The Kier molecular flexibility index (Phi) is 8.24. The predicted molar refractivity (Wildman–Crippen MR) is 186 cm³/mol. The molecule has 0 amide bonds. The molecule has 3 aromatic rings. The van der Waals surface area contributed by atoms with E-state index in [1.54, 1.807) is 6.92 Å². The van der Waals surface area contributed by atoms with Crippen molar-refractivity contribution in [1.29, 1.82) is 0 Å². The van der Waals surface area contributed by atoms with Gasteiger partial charge in [-0.25, -0.2) is 8.78 Å². The number of aliphatic hydroxyl groups is 1. The molecule has 278 valence electrons. The van der Waals surface area contributed by atoms with Gasteiger partial charge in [-0.3, -0.25) is 0 Å². The fourth-order valence-electron chi connectivity index (χ4n) is 9.49. The molecule has 0 radical (unpaired) electrons. The number of nitrogens with zero attached hydrogens (tertiary/aromatic N) is 4. The van der Waals surface area contributed by atoms with Crippen LogP contribution in [-0.4, -0.2) is 84.6 Å². The maximum Gasteiger partial charge on any atom is 0.416 e. The van der Waals surface area contributed by atoms with Crippen molar-refractivity contribution in [3.05, 3.63) is 63.4 Å². The van der Waals surface area contributed by atoms with E-state index in [0.717, 1.165) is 77.4 Å². The number of aromatic nitrogens is 2. The van der Waals surface area contributed by atoms with Crippen molar-refractivity contribution in [2.24, 2.45) is 10.8 Å². The third kappa shape index (κ3) is 6.00. The Bertz CT molecular complexity index is 1920. The van der Waals surface area contributed by atoms with Crippen LogP contribution in [0, 0.1) is 22.5 Å². The Morgan fingerprint density at radius 2 is 1.75 bits per heavy atom. The van der Waals surface area contributed by atoms with Crippen LogP contribution in [-0.2, 0) is 17.3 Å². The molecule has 1 spiro atoms. The number of piperidine rings is 1. The van der Waals surface area contributed by atoms with Gasteiger partial charge in [0, 0.05) is 65.8 Å². The number of hydrogen-bond acceptors (Lipinski definition) is 8. The number of allylic oxidation sites excluding steroid dienone is 1. The average Bonchev–Trinajstić information content (AvgIpc) is 3.79. The van der Waals surface area contributed by atoms with E-state index in [1.165, 1.54) is 18.2 Å². The number of halogens is 5. The fraction of sp³-hybridized carbons (Fsp3) is 0.590. The molecule has 5 fully saturated rings. The van der Waals surface area contributed by atoms with E-state index in [9.17, 15) is 5.11 Å². The highest BCUT2D eigenvalue weighted by Gasteiger charge is 2.48. The lowest BCUT2D eigenvalue weighted by Crippen LogP contribution is -2.52. The molecule has 5 heterocycles. The first-order valence-corrected chi connectivity index (χ1v) is 18.7. The molecule has 9 rings (SSSR count). The lowest BCUT2D eigenvalue weighted by molar-refractivity contribution is -0.140. The maximum absolute atomic E-state index is 17.3. The van der Waals surface area contributed by atoms with Gasteiger partial charge in [-0.15, -0.1) is 0 Å². The zero-order chi connectivity index (χ0) is 36.0. The Labute approximate surface area is 299 Å². The second kappa shape index (κ2) is 12.5. The number of likely N-dealkylation sites (tertiary alicyclic amines) is 1. The lowest BCUT2D eigenvalue weighted by Gasteiger charge is -2.47. The standard InChI is InChI=1S/C39H44F5N5O3/c1-2-26-30(40)6-3-22-13-25(50)14-27(31(22)26)32-29(39(42,43)44)15-28-34(33(32)41)46-36(47-35(28)49-16-23-4-5-24(17-49)45-23)52-21-37(7-8-37)18-48-11-9-38(10-12-48)19-51-20-38/h3,6,13,15,23-24,27,45,50H,2,4-5,7-12,14,16-21H2,1H3. The lowest BCUT2D eigenvalue weighted by atomic mass is 9.76. The largest absolute Gasteiger partial charge is 0.512 e. The number of ether oxygens (including phenoxy) is 2. The summed E-state index contributed by atoms with van der Waals surface area (Å²) in [5.74, 6) is -3.02. The summed E-state index contributed by atoms with van der Waals surface area (Å²) in [5.41, 5.74) is -1.06. The molecule has 2 aromatic carbocycles. The summed E-state index contributed by atoms with van der Waals surface area (Å²) in [4.78, 5) is 13.7. The van der Waals surface area contributed by atoms with Crippen molar-refractivity contribution in [2.45, 2.75) is 82.5 Å². The zero-order valence-electron chi connectivity index (χ0n) is 29.3. The summed E-state index contributed by atoms with van der Waals surface area (Å²) < 4.78 is 89.7. The maximum atomic E-state index is 17.3. The van der Waals surface area contributed by atoms with E-state index in [2.05, 4.69) is 15.2 Å². The monoisotopic (exact) mass is 725 g/mol. The molecule has 2 aliphatic carbocycles. The summed E-state index contributed by atoms with van der Waals surface area (Å²) in [7, 11) is 0. The van der Waals surface area contributed by atoms with Gasteiger partial charge in [-0.2, -0.15) is 23.1 Å². The molecule has 6 aliphatic rings. The van der Waals surface area contributed by atoms with Gasteiger partial charge in [0.1, 0.15) is 17.2 Å². The fourth-order valence-corrected chi connectivity index (χ4v) is 9.49. The van der Waals surface area contributed by atoms with Crippen LogP contribution in [0.4, 0.5) is 27.8 Å². The number of anilines is 1. The molecule has 4 saturated heterocycles. The van der Waals surface area contributed by atoms with Gasteiger partial charge in [0.05, 0.1) is 31.1 Å². The third-order valence-corrected chi connectivity index (χ3v) is 12.6. The van der Waals surface area contributed by atoms with Crippen LogP contribution in [0.1, 0.15) is 85.6 Å². The number of rotatable bonds is 8. The second-order valence-electron chi connectivity index (χ2n) is 16.3. The average molecular weight is 726 g/mol. The zero-order valence-corrected chi connectivity index (χ0v) is 29.3. The highest BCUT2D eigenvalue weighted by atomic mass is 19.4. The SMILES string of the molecule is CCc1c(F)ccc2c1C(c1c(C(F)(F)F)cc3c(N4CC5CCC(C4)N5)nc(OCC4(CN5CCC6(CC5)COC6)CC4)nc3c1F)CC(O)=C2. The number of aliphatic hydroxyl groups excluding tert-OH is 1. The number of hydrogen-bond donors (Lipinski definition) is 2. The van der Waals surface area contributed by atoms with Gasteiger partial charge in [-0.1, -0.05) is 13.0 Å². The van der Waals surface area contributed by atoms with E-state index in [4.69, 9.17) is 14.5 Å². The van der Waals surface area contributed by atoms with Crippen LogP contribution in [0.5, 0.6) is 6.01 Å². The Balaban J connectivity index is 1.12. The first-order chi connectivity index (χ1) is 24.9. The van der Waals surface area contributed by atoms with Crippen LogP contribution >= 0.6 is 0 Å². The molecule has 2 bridgehead atoms. The summed E-state index contributed by atoms with van der Waals surface area (Å²) in [6.45, 7) is 7.59. The molecule has 3 unspecified atom stereocenters. The summed E-state index contributed by atoms with van der Waals surface area (Å²) in [5, 5.41) is 14.2. The van der Waals surface area contributed by atoms with E-state index < -0.39 is 34.9 Å². The van der Waals surface area contributed by atoms with Gasteiger partial charge in [0.15, 0.2) is 5.82 Å². The minimum Gasteiger partial charge on any atom is -0.512 e. The highest BCUT2D eigenvalue weighted by molar-refractivity contribution is 5.92.